The molecule has 0 aromatic rings. The van der Waals surface area contributed by atoms with Gasteiger partial charge in [-0.05, 0) is 74.1 Å². The fraction of sp³-hybridized carbons (Fsp3) is 0.840. The van der Waals surface area contributed by atoms with E-state index in [1.165, 1.54) is 5.57 Å². The van der Waals surface area contributed by atoms with Gasteiger partial charge in [-0.3, -0.25) is 9.59 Å². The Balaban J connectivity index is 1.48. The molecule has 0 aromatic carbocycles. The number of rotatable bonds is 3. The Hall–Kier alpha value is -0.975. The summed E-state index contributed by atoms with van der Waals surface area (Å²) in [6.45, 7) is 6.77. The minimum absolute atomic E-state index is 0.0711. The number of aliphatic hydroxyl groups excluding tert-OH is 1. The van der Waals surface area contributed by atoms with Gasteiger partial charge in [0.15, 0.2) is 11.6 Å². The third-order valence-corrected chi connectivity index (χ3v) is 9.99. The van der Waals surface area contributed by atoms with Crippen LogP contribution in [0.25, 0.3) is 0 Å². The summed E-state index contributed by atoms with van der Waals surface area (Å²) in [4.78, 5) is 25.4. The normalized spacial score (nSPS) is 47.1. The Labute approximate surface area is 186 Å². The van der Waals surface area contributed by atoms with Crippen LogP contribution in [0.3, 0.4) is 0 Å². The molecule has 170 valence electrons. The molecule has 0 bridgehead atoms. The average molecular weight is 428 g/mol. The summed E-state index contributed by atoms with van der Waals surface area (Å²) in [7, 11) is -0.314. The monoisotopic (exact) mass is 428 g/mol. The van der Waals surface area contributed by atoms with Crippen molar-refractivity contribution >= 4 is 18.7 Å². The van der Waals surface area contributed by atoms with Crippen LogP contribution in [0, 0.1) is 28.6 Å². The van der Waals surface area contributed by atoms with Crippen molar-refractivity contribution in [3.8, 4) is 0 Å². The number of carbonyl (C=O) groups excluding carboxylic acids is 2. The molecule has 5 nitrogen and oxygen atoms in total. The largest absolute Gasteiger partial charge is 0.457 e. The number of unbranched alkanes of at least 4 members (excludes halogenated alkanes) is 1. The fourth-order valence-corrected chi connectivity index (χ4v) is 8.45. The maximum absolute atomic E-state index is 13.3. The third kappa shape index (κ3) is 3.00. The highest BCUT2D eigenvalue weighted by Gasteiger charge is 2.70. The smallest absolute Gasteiger partial charge is 0.404 e. The lowest BCUT2D eigenvalue weighted by molar-refractivity contribution is -0.185. The minimum Gasteiger partial charge on any atom is -0.404 e. The summed E-state index contributed by atoms with van der Waals surface area (Å²) >= 11 is 0. The van der Waals surface area contributed by atoms with Gasteiger partial charge < -0.3 is 14.4 Å². The second kappa shape index (κ2) is 7.53. The highest BCUT2D eigenvalue weighted by molar-refractivity contribution is 6.46. The van der Waals surface area contributed by atoms with Crippen LogP contribution in [0.4, 0.5) is 0 Å². The molecular formula is C25H37BO5. The summed E-state index contributed by atoms with van der Waals surface area (Å²) in [6.07, 6.45) is 9.99. The highest BCUT2D eigenvalue weighted by atomic mass is 16.6. The number of hydrogen-bond donors (Lipinski definition) is 1. The van der Waals surface area contributed by atoms with Crippen LogP contribution in [0.15, 0.2) is 11.6 Å². The van der Waals surface area contributed by atoms with Crippen molar-refractivity contribution in [1.29, 1.82) is 0 Å². The van der Waals surface area contributed by atoms with Gasteiger partial charge in [-0.15, -0.1) is 0 Å². The van der Waals surface area contributed by atoms with E-state index in [0.29, 0.717) is 24.7 Å². The van der Waals surface area contributed by atoms with Gasteiger partial charge in [0.1, 0.15) is 5.60 Å². The summed E-state index contributed by atoms with van der Waals surface area (Å²) < 4.78 is 12.3. The van der Waals surface area contributed by atoms with Gasteiger partial charge in [-0.2, -0.15) is 0 Å². The Bertz CT molecular complexity index is 810. The van der Waals surface area contributed by atoms with Crippen molar-refractivity contribution in [2.75, 3.05) is 6.61 Å². The van der Waals surface area contributed by atoms with E-state index in [0.717, 1.165) is 51.3 Å². The molecule has 3 saturated carbocycles. The molecule has 5 rings (SSSR count). The molecule has 0 aromatic heterocycles. The van der Waals surface area contributed by atoms with Gasteiger partial charge in [-0.1, -0.05) is 39.2 Å². The highest BCUT2D eigenvalue weighted by Crippen LogP contribution is 2.68. The fourth-order valence-electron chi connectivity index (χ4n) is 8.45. The first kappa shape index (κ1) is 21.8. The number of ketones is 2. The topological polar surface area (TPSA) is 72.8 Å². The lowest BCUT2D eigenvalue weighted by Crippen LogP contribution is -2.65. The van der Waals surface area contributed by atoms with Gasteiger partial charge in [0.05, 0.1) is 12.7 Å². The van der Waals surface area contributed by atoms with Gasteiger partial charge in [0.2, 0.25) is 0 Å². The first-order chi connectivity index (χ1) is 14.7. The lowest BCUT2D eigenvalue weighted by atomic mass is 9.45. The van der Waals surface area contributed by atoms with Crippen molar-refractivity contribution in [1.82, 2.24) is 0 Å². The molecule has 1 N–H and O–H groups in total. The molecule has 6 heteroatoms. The molecule has 1 saturated heterocycles. The second-order valence-electron chi connectivity index (χ2n) is 11.4. The average Bonchev–Trinajstić information content (AvgIpc) is 3.01. The SMILES string of the molecule is CCCCB1OCC(=O)C2(CCC3C4CCC5=CC(=O)CCC5(C)C4C(O)CC32C)O1. The van der Waals surface area contributed by atoms with Crippen LogP contribution in [-0.4, -0.2) is 42.1 Å². The maximum atomic E-state index is 13.3. The van der Waals surface area contributed by atoms with E-state index in [4.69, 9.17) is 9.31 Å². The first-order valence-electron chi connectivity index (χ1n) is 12.5. The number of aliphatic hydroxyl groups is 1. The second-order valence-corrected chi connectivity index (χ2v) is 11.4. The van der Waals surface area contributed by atoms with Crippen molar-refractivity contribution in [3.63, 3.8) is 0 Å². The standard InChI is InChI=1S/C25H37BO5/c1-4-5-12-26-30-15-21(29)25(31-26)11-9-19-18-7-6-16-13-17(27)8-10-23(16,2)22(18)20(28)14-24(19,25)3/h13,18-20,22,28H,4-12,14-15H2,1-3H3. The van der Waals surface area contributed by atoms with E-state index in [-0.39, 0.29) is 42.0 Å². The van der Waals surface area contributed by atoms with Crippen molar-refractivity contribution < 1.29 is 24.0 Å². The van der Waals surface area contributed by atoms with Crippen LogP contribution in [-0.2, 0) is 18.9 Å². The van der Waals surface area contributed by atoms with E-state index in [1.54, 1.807) is 0 Å². The number of allylic oxidation sites excluding steroid dienone is 1. The molecule has 1 spiro atoms. The number of carbonyl (C=O) groups is 2. The van der Waals surface area contributed by atoms with Crippen molar-refractivity contribution in [3.05, 3.63) is 11.6 Å². The third-order valence-electron chi connectivity index (χ3n) is 9.99. The zero-order valence-corrected chi connectivity index (χ0v) is 19.3. The summed E-state index contributed by atoms with van der Waals surface area (Å²) in [5.74, 6) is 1.21. The van der Waals surface area contributed by atoms with Crippen LogP contribution >= 0.6 is 0 Å². The molecule has 31 heavy (non-hydrogen) atoms. The van der Waals surface area contributed by atoms with Crippen LogP contribution in [0.2, 0.25) is 6.32 Å². The number of Topliss-reactive ketones (excluding diaryl/α,β-unsaturated/α-hetero) is 1. The number of hydrogen-bond acceptors (Lipinski definition) is 5. The van der Waals surface area contributed by atoms with E-state index >= 15 is 0 Å². The molecule has 1 aliphatic heterocycles. The molecule has 4 aliphatic carbocycles. The summed E-state index contributed by atoms with van der Waals surface area (Å²) in [6, 6.07) is 0. The Morgan fingerprint density at radius 3 is 2.77 bits per heavy atom. The van der Waals surface area contributed by atoms with Crippen LogP contribution < -0.4 is 0 Å². The number of fused-ring (bicyclic) bond motifs is 6. The minimum atomic E-state index is -0.820. The van der Waals surface area contributed by atoms with Crippen molar-refractivity contribution in [2.45, 2.75) is 96.6 Å². The lowest BCUT2D eigenvalue weighted by Gasteiger charge is -2.61. The predicted octanol–water partition coefficient (Wildman–Crippen LogP) is 4.13. The zero-order valence-electron chi connectivity index (χ0n) is 19.3. The molecular weight excluding hydrogens is 391 g/mol. The van der Waals surface area contributed by atoms with Crippen LogP contribution in [0.5, 0.6) is 0 Å². The van der Waals surface area contributed by atoms with E-state index in [1.807, 2.05) is 6.08 Å². The van der Waals surface area contributed by atoms with E-state index in [2.05, 4.69) is 20.8 Å². The van der Waals surface area contributed by atoms with E-state index < -0.39 is 11.7 Å². The Morgan fingerprint density at radius 1 is 1.19 bits per heavy atom. The molecule has 7 atom stereocenters. The molecule has 0 amide bonds. The van der Waals surface area contributed by atoms with Gasteiger partial charge in [0.25, 0.3) is 0 Å². The molecule has 4 fully saturated rings. The van der Waals surface area contributed by atoms with Gasteiger partial charge in [0, 0.05) is 11.8 Å². The van der Waals surface area contributed by atoms with Gasteiger partial charge >= 0.3 is 7.12 Å². The van der Waals surface area contributed by atoms with Crippen molar-refractivity contribution in [2.24, 2.45) is 28.6 Å². The molecule has 5 aliphatic rings. The summed E-state index contributed by atoms with van der Waals surface area (Å²) in [5, 5.41) is 11.6. The zero-order chi connectivity index (χ0) is 22.0. The molecule has 0 radical (unpaired) electrons. The molecule has 1 heterocycles. The van der Waals surface area contributed by atoms with Crippen LogP contribution in [0.1, 0.15) is 78.6 Å². The Kier molecular flexibility index (Phi) is 5.31. The molecule has 7 unspecified atom stereocenters. The quantitative estimate of drug-likeness (QED) is 0.685. The predicted molar refractivity (Wildman–Crippen MR) is 118 cm³/mol. The summed E-state index contributed by atoms with van der Waals surface area (Å²) in [5.41, 5.74) is -0.0309. The maximum Gasteiger partial charge on any atom is 0.457 e. The van der Waals surface area contributed by atoms with Gasteiger partial charge in [-0.25, -0.2) is 0 Å². The van der Waals surface area contributed by atoms with E-state index in [9.17, 15) is 14.7 Å². The first-order valence-corrected chi connectivity index (χ1v) is 12.5. The Morgan fingerprint density at radius 2 is 2.00 bits per heavy atom.